The number of benzene rings is 2. The van der Waals surface area contributed by atoms with Gasteiger partial charge in [-0.1, -0.05) is 17.7 Å². The van der Waals surface area contributed by atoms with E-state index in [4.69, 9.17) is 11.6 Å². The average Bonchev–Trinajstić information content (AvgIpc) is 2.66. The van der Waals surface area contributed by atoms with Crippen molar-refractivity contribution in [3.63, 3.8) is 0 Å². The Labute approximate surface area is 164 Å². The lowest BCUT2D eigenvalue weighted by atomic mass is 10.2. The zero-order valence-corrected chi connectivity index (χ0v) is 16.2. The van der Waals surface area contributed by atoms with Gasteiger partial charge in [-0.25, -0.2) is 4.98 Å². The maximum absolute atomic E-state index is 12.4. The van der Waals surface area contributed by atoms with Gasteiger partial charge in [0, 0.05) is 36.2 Å². The molecule has 1 amide bonds. The molecule has 0 unspecified atom stereocenters. The topological polar surface area (TPSA) is 57.3 Å². The maximum Gasteiger partial charge on any atom is 0.274 e. The van der Waals surface area contributed by atoms with Crippen molar-refractivity contribution in [2.75, 3.05) is 29.6 Å². The quantitative estimate of drug-likeness (QED) is 0.646. The smallest absolute Gasteiger partial charge is 0.274 e. The van der Waals surface area contributed by atoms with Crippen molar-refractivity contribution in [1.82, 2.24) is 4.98 Å². The van der Waals surface area contributed by atoms with Crippen LogP contribution in [0.1, 0.15) is 16.1 Å². The van der Waals surface area contributed by atoms with Crippen LogP contribution in [-0.2, 0) is 0 Å². The van der Waals surface area contributed by atoms with Crippen LogP contribution < -0.4 is 15.5 Å². The fourth-order valence-electron chi connectivity index (χ4n) is 2.48. The summed E-state index contributed by atoms with van der Waals surface area (Å²) >= 11 is 6.14. The number of nitrogens with zero attached hydrogens (tertiary/aromatic N) is 2. The Bertz CT molecular complexity index is 937. The second kappa shape index (κ2) is 8.10. The van der Waals surface area contributed by atoms with Gasteiger partial charge in [0.2, 0.25) is 0 Å². The van der Waals surface area contributed by atoms with E-state index < -0.39 is 0 Å². The predicted octanol–water partition coefficient (Wildman–Crippen LogP) is 5.11. The molecule has 0 aliphatic rings. The number of pyridine rings is 1. The lowest BCUT2D eigenvalue weighted by Crippen LogP contribution is -2.14. The van der Waals surface area contributed by atoms with E-state index in [1.54, 1.807) is 12.3 Å². The molecule has 0 fully saturated rings. The van der Waals surface area contributed by atoms with E-state index in [0.29, 0.717) is 10.7 Å². The van der Waals surface area contributed by atoms with E-state index in [0.717, 1.165) is 28.3 Å². The second-order valence-corrected chi connectivity index (χ2v) is 6.82. The van der Waals surface area contributed by atoms with E-state index in [1.165, 1.54) is 0 Å². The molecule has 0 bridgehead atoms. The van der Waals surface area contributed by atoms with Gasteiger partial charge in [0.1, 0.15) is 5.69 Å². The number of anilines is 4. The number of aryl methyl sites for hydroxylation is 1. The van der Waals surface area contributed by atoms with Gasteiger partial charge < -0.3 is 15.5 Å². The molecule has 3 aromatic rings. The first-order valence-corrected chi connectivity index (χ1v) is 8.88. The number of carbonyl (C=O) groups is 1. The number of amides is 1. The molecule has 2 aromatic carbocycles. The van der Waals surface area contributed by atoms with E-state index in [2.05, 4.69) is 15.6 Å². The van der Waals surface area contributed by atoms with Crippen LogP contribution in [0.15, 0.2) is 60.8 Å². The van der Waals surface area contributed by atoms with Crippen molar-refractivity contribution in [1.29, 1.82) is 0 Å². The van der Waals surface area contributed by atoms with Crippen molar-refractivity contribution < 1.29 is 4.79 Å². The van der Waals surface area contributed by atoms with Crippen LogP contribution in [0.2, 0.25) is 5.02 Å². The Morgan fingerprint density at radius 2 is 1.63 bits per heavy atom. The van der Waals surface area contributed by atoms with Gasteiger partial charge in [0.25, 0.3) is 5.91 Å². The number of nitrogens with one attached hydrogen (secondary N) is 2. The number of rotatable bonds is 5. The Balaban J connectivity index is 1.65. The highest BCUT2D eigenvalue weighted by atomic mass is 35.5. The molecular weight excluding hydrogens is 360 g/mol. The highest BCUT2D eigenvalue weighted by Gasteiger charge is 2.08. The van der Waals surface area contributed by atoms with Crippen LogP contribution in [-0.4, -0.2) is 25.0 Å². The van der Waals surface area contributed by atoms with Gasteiger partial charge in [0.05, 0.1) is 11.9 Å². The summed E-state index contributed by atoms with van der Waals surface area (Å²) in [7, 11) is 3.94. The maximum atomic E-state index is 12.4. The second-order valence-electron chi connectivity index (χ2n) is 6.42. The predicted molar refractivity (Wildman–Crippen MR) is 112 cm³/mol. The molecule has 5 nitrogen and oxygen atoms in total. The van der Waals surface area contributed by atoms with Gasteiger partial charge in [-0.2, -0.15) is 0 Å². The molecule has 1 heterocycles. The fraction of sp³-hybridized carbons (Fsp3) is 0.143. The molecule has 6 heteroatoms. The summed E-state index contributed by atoms with van der Waals surface area (Å²) in [6.45, 7) is 1.95. The number of carbonyl (C=O) groups excluding carboxylic acids is 1. The summed E-state index contributed by atoms with van der Waals surface area (Å²) < 4.78 is 0. The average molecular weight is 381 g/mol. The first-order valence-electron chi connectivity index (χ1n) is 8.50. The molecule has 0 aliphatic carbocycles. The van der Waals surface area contributed by atoms with E-state index in [1.807, 2.05) is 74.4 Å². The molecule has 1 aromatic heterocycles. The number of halogens is 1. The Kier molecular flexibility index (Phi) is 5.62. The van der Waals surface area contributed by atoms with Gasteiger partial charge >= 0.3 is 0 Å². The summed E-state index contributed by atoms with van der Waals surface area (Å²) in [4.78, 5) is 18.6. The van der Waals surface area contributed by atoms with Gasteiger partial charge in [-0.15, -0.1) is 0 Å². The van der Waals surface area contributed by atoms with Gasteiger partial charge in [-0.3, -0.25) is 4.79 Å². The Hall–Kier alpha value is -3.05. The summed E-state index contributed by atoms with van der Waals surface area (Å²) in [6, 6.07) is 16.9. The minimum atomic E-state index is -0.252. The standard InChI is InChI=1S/C21H21ClN4O/c1-14-4-5-16(12-19(14)22)24-17-8-11-20(23-13-17)21(27)25-15-6-9-18(10-7-15)26(2)3/h4-13,24H,1-3H3,(H,25,27). The fourth-order valence-corrected chi connectivity index (χ4v) is 2.66. The van der Waals surface area contributed by atoms with Crippen molar-refractivity contribution in [3.05, 3.63) is 77.1 Å². The first kappa shape index (κ1) is 18.7. The Morgan fingerprint density at radius 1 is 0.963 bits per heavy atom. The van der Waals surface area contributed by atoms with Crippen LogP contribution in [0.4, 0.5) is 22.7 Å². The molecule has 0 atom stereocenters. The first-order chi connectivity index (χ1) is 12.9. The SMILES string of the molecule is Cc1ccc(Nc2ccc(C(=O)Nc3ccc(N(C)C)cc3)nc2)cc1Cl. The third kappa shape index (κ3) is 4.77. The largest absolute Gasteiger partial charge is 0.378 e. The highest BCUT2D eigenvalue weighted by molar-refractivity contribution is 6.31. The van der Waals surface area contributed by atoms with Crippen molar-refractivity contribution >= 4 is 40.3 Å². The van der Waals surface area contributed by atoms with E-state index in [-0.39, 0.29) is 5.91 Å². The molecular formula is C21H21ClN4O. The lowest BCUT2D eigenvalue weighted by Gasteiger charge is -2.13. The van der Waals surface area contributed by atoms with Crippen LogP contribution in [0.5, 0.6) is 0 Å². The van der Waals surface area contributed by atoms with E-state index in [9.17, 15) is 4.79 Å². The summed E-state index contributed by atoms with van der Waals surface area (Å²) in [5.74, 6) is -0.252. The minimum Gasteiger partial charge on any atom is -0.378 e. The molecule has 0 spiro atoms. The number of hydrogen-bond acceptors (Lipinski definition) is 4. The monoisotopic (exact) mass is 380 g/mol. The molecule has 0 saturated heterocycles. The van der Waals surface area contributed by atoms with Crippen molar-refractivity contribution in [2.24, 2.45) is 0 Å². The Morgan fingerprint density at radius 3 is 2.22 bits per heavy atom. The minimum absolute atomic E-state index is 0.252. The van der Waals surface area contributed by atoms with Gasteiger partial charge in [0.15, 0.2) is 0 Å². The normalized spacial score (nSPS) is 10.4. The van der Waals surface area contributed by atoms with E-state index >= 15 is 0 Å². The van der Waals surface area contributed by atoms with Crippen molar-refractivity contribution in [3.8, 4) is 0 Å². The zero-order valence-electron chi connectivity index (χ0n) is 15.5. The molecule has 138 valence electrons. The summed E-state index contributed by atoms with van der Waals surface area (Å²) in [5, 5.41) is 6.77. The lowest BCUT2D eigenvalue weighted by molar-refractivity contribution is 0.102. The molecule has 2 N–H and O–H groups in total. The molecule has 0 saturated carbocycles. The number of aromatic nitrogens is 1. The van der Waals surface area contributed by atoms with Crippen LogP contribution in [0, 0.1) is 6.92 Å². The highest BCUT2D eigenvalue weighted by Crippen LogP contribution is 2.23. The van der Waals surface area contributed by atoms with Crippen LogP contribution in [0.25, 0.3) is 0 Å². The third-order valence-corrected chi connectivity index (χ3v) is 4.51. The van der Waals surface area contributed by atoms with Crippen LogP contribution in [0.3, 0.4) is 0 Å². The van der Waals surface area contributed by atoms with Gasteiger partial charge in [-0.05, 0) is 61.0 Å². The molecule has 3 rings (SSSR count). The van der Waals surface area contributed by atoms with Crippen LogP contribution >= 0.6 is 11.6 Å². The molecule has 27 heavy (non-hydrogen) atoms. The summed E-state index contributed by atoms with van der Waals surface area (Å²) in [6.07, 6.45) is 1.62. The summed E-state index contributed by atoms with van der Waals surface area (Å²) in [5.41, 5.74) is 4.80. The third-order valence-electron chi connectivity index (χ3n) is 4.10. The van der Waals surface area contributed by atoms with Crippen molar-refractivity contribution in [2.45, 2.75) is 6.92 Å². The molecule has 0 aliphatic heterocycles. The molecule has 0 radical (unpaired) electrons. The number of hydrogen-bond donors (Lipinski definition) is 2. The zero-order chi connectivity index (χ0) is 19.4.